The maximum atomic E-state index is 12.1. The normalized spacial score (nSPS) is 18.0. The van der Waals surface area contributed by atoms with Crippen LogP contribution in [0.15, 0.2) is 59.3 Å². The predicted molar refractivity (Wildman–Crippen MR) is 118 cm³/mol. The molecule has 31 heavy (non-hydrogen) atoms. The van der Waals surface area contributed by atoms with Crippen LogP contribution in [0.2, 0.25) is 0 Å². The summed E-state index contributed by atoms with van der Waals surface area (Å²) in [4.78, 5) is 17.1. The molecule has 1 amide bonds. The fraction of sp³-hybridized carbons (Fsp3) is 0.227. The minimum absolute atomic E-state index is 0.169. The van der Waals surface area contributed by atoms with E-state index in [-0.39, 0.29) is 10.8 Å². The molecule has 1 saturated carbocycles. The van der Waals surface area contributed by atoms with Crippen LogP contribution in [0, 0.1) is 0 Å². The van der Waals surface area contributed by atoms with E-state index in [9.17, 15) is 13.2 Å². The van der Waals surface area contributed by atoms with Crippen LogP contribution in [0.1, 0.15) is 24.8 Å². The number of sulfone groups is 1. The second-order valence-corrected chi connectivity index (χ2v) is 10.0. The van der Waals surface area contributed by atoms with E-state index >= 15 is 0 Å². The van der Waals surface area contributed by atoms with Crippen LogP contribution in [0.5, 0.6) is 0 Å². The molecule has 9 heteroatoms. The molecule has 158 valence electrons. The molecule has 0 bridgehead atoms. The number of aromatic nitrogens is 3. The molecular formula is C22H21N5O3S. The molecule has 0 spiro atoms. The average Bonchev–Trinajstić information content (AvgIpc) is 3.35. The van der Waals surface area contributed by atoms with Crippen LogP contribution in [0.3, 0.4) is 0 Å². The number of nitrogens with one attached hydrogen (secondary N) is 2. The second-order valence-electron chi connectivity index (χ2n) is 7.98. The van der Waals surface area contributed by atoms with Gasteiger partial charge in [0.25, 0.3) is 5.91 Å². The number of fused-ring (bicyclic) bond motifs is 1. The lowest BCUT2D eigenvalue weighted by Gasteiger charge is -2.11. The Bertz CT molecular complexity index is 1380. The van der Waals surface area contributed by atoms with Crippen molar-refractivity contribution >= 4 is 33.3 Å². The molecule has 1 aromatic carbocycles. The van der Waals surface area contributed by atoms with Crippen LogP contribution in [-0.4, -0.2) is 41.2 Å². The van der Waals surface area contributed by atoms with Gasteiger partial charge >= 0.3 is 0 Å². The number of allylic oxidation sites excluding steroid dienone is 1. The lowest BCUT2D eigenvalue weighted by atomic mass is 10.1. The Morgan fingerprint density at radius 2 is 2.10 bits per heavy atom. The lowest BCUT2D eigenvalue weighted by molar-refractivity contribution is -0.115. The van der Waals surface area contributed by atoms with Crippen molar-refractivity contribution in [3.05, 3.63) is 59.9 Å². The van der Waals surface area contributed by atoms with Crippen molar-refractivity contribution in [1.29, 1.82) is 0 Å². The van der Waals surface area contributed by atoms with Gasteiger partial charge in [0.15, 0.2) is 15.5 Å². The molecule has 2 aromatic heterocycles. The SMILES string of the molecule is C=C1C/C(=C\c2cnn3c(NC4CC4)cc(-c4cccc(S(C)(=O)=O)c4)nc23)C(=O)N1. The Balaban J connectivity index is 1.67. The molecule has 3 aromatic rings. The number of carbonyl (C=O) groups excluding carboxylic acids is 1. The van der Waals surface area contributed by atoms with E-state index in [1.165, 1.54) is 6.26 Å². The molecule has 2 fully saturated rings. The summed E-state index contributed by atoms with van der Waals surface area (Å²) < 4.78 is 25.7. The van der Waals surface area contributed by atoms with Crippen LogP contribution in [0.25, 0.3) is 23.0 Å². The number of rotatable bonds is 5. The Labute approximate surface area is 179 Å². The average molecular weight is 436 g/mol. The van der Waals surface area contributed by atoms with Crippen LogP contribution in [0.4, 0.5) is 5.82 Å². The first-order valence-electron chi connectivity index (χ1n) is 9.93. The number of anilines is 1. The highest BCUT2D eigenvalue weighted by Crippen LogP contribution is 2.30. The summed E-state index contributed by atoms with van der Waals surface area (Å²) in [6, 6.07) is 8.99. The van der Waals surface area contributed by atoms with Gasteiger partial charge in [-0.2, -0.15) is 9.61 Å². The van der Waals surface area contributed by atoms with Crippen molar-refractivity contribution in [2.45, 2.75) is 30.2 Å². The van der Waals surface area contributed by atoms with E-state index in [4.69, 9.17) is 4.98 Å². The number of carbonyl (C=O) groups is 1. The van der Waals surface area contributed by atoms with E-state index in [1.54, 1.807) is 35.0 Å². The van der Waals surface area contributed by atoms with E-state index in [0.29, 0.717) is 46.2 Å². The molecule has 1 aliphatic heterocycles. The monoisotopic (exact) mass is 435 g/mol. The molecule has 0 radical (unpaired) electrons. The third kappa shape index (κ3) is 3.84. The molecule has 8 nitrogen and oxygen atoms in total. The number of benzene rings is 1. The van der Waals surface area contributed by atoms with Gasteiger partial charge in [0.2, 0.25) is 0 Å². The van der Waals surface area contributed by atoms with Gasteiger partial charge in [-0.1, -0.05) is 18.7 Å². The van der Waals surface area contributed by atoms with Crippen molar-refractivity contribution in [3.63, 3.8) is 0 Å². The zero-order chi connectivity index (χ0) is 21.8. The molecule has 0 atom stereocenters. The Hall–Kier alpha value is -3.46. The van der Waals surface area contributed by atoms with Gasteiger partial charge in [-0.15, -0.1) is 0 Å². The summed E-state index contributed by atoms with van der Waals surface area (Å²) in [5.74, 6) is 0.606. The summed E-state index contributed by atoms with van der Waals surface area (Å²) in [5, 5.41) is 10.7. The number of hydrogen-bond donors (Lipinski definition) is 2. The van der Waals surface area contributed by atoms with Gasteiger partial charge in [-0.25, -0.2) is 13.4 Å². The first-order chi connectivity index (χ1) is 14.8. The molecular weight excluding hydrogens is 414 g/mol. The van der Waals surface area contributed by atoms with Gasteiger partial charge in [0.1, 0.15) is 5.82 Å². The fourth-order valence-electron chi connectivity index (χ4n) is 3.55. The molecule has 5 rings (SSSR count). The van der Waals surface area contributed by atoms with Crippen molar-refractivity contribution in [2.24, 2.45) is 0 Å². The highest BCUT2D eigenvalue weighted by molar-refractivity contribution is 7.90. The number of nitrogens with zero attached hydrogens (tertiary/aromatic N) is 3. The molecule has 2 aliphatic rings. The highest BCUT2D eigenvalue weighted by Gasteiger charge is 2.24. The second kappa shape index (κ2) is 7.05. The van der Waals surface area contributed by atoms with Crippen LogP contribution in [-0.2, 0) is 14.6 Å². The van der Waals surface area contributed by atoms with Crippen molar-refractivity contribution in [3.8, 4) is 11.3 Å². The highest BCUT2D eigenvalue weighted by atomic mass is 32.2. The largest absolute Gasteiger partial charge is 0.367 e. The van der Waals surface area contributed by atoms with Gasteiger partial charge < -0.3 is 10.6 Å². The van der Waals surface area contributed by atoms with E-state index < -0.39 is 9.84 Å². The third-order valence-corrected chi connectivity index (χ3v) is 6.41. The van der Waals surface area contributed by atoms with E-state index in [1.807, 2.05) is 12.1 Å². The predicted octanol–water partition coefficient (Wildman–Crippen LogP) is 2.79. The minimum Gasteiger partial charge on any atom is -0.367 e. The zero-order valence-electron chi connectivity index (χ0n) is 16.9. The molecule has 1 aliphatic carbocycles. The Kier molecular flexibility index (Phi) is 4.44. The maximum Gasteiger partial charge on any atom is 0.251 e. The fourth-order valence-corrected chi connectivity index (χ4v) is 4.22. The Morgan fingerprint density at radius 3 is 2.77 bits per heavy atom. The first-order valence-corrected chi connectivity index (χ1v) is 11.8. The summed E-state index contributed by atoms with van der Waals surface area (Å²) in [6.07, 6.45) is 7.27. The quantitative estimate of drug-likeness (QED) is 0.597. The van der Waals surface area contributed by atoms with Crippen molar-refractivity contribution in [1.82, 2.24) is 19.9 Å². The van der Waals surface area contributed by atoms with Crippen LogP contribution < -0.4 is 10.6 Å². The number of amides is 1. The lowest BCUT2D eigenvalue weighted by Crippen LogP contribution is -2.12. The van der Waals surface area contributed by atoms with Gasteiger partial charge in [0, 0.05) is 47.2 Å². The van der Waals surface area contributed by atoms with Gasteiger partial charge in [-0.3, -0.25) is 4.79 Å². The Morgan fingerprint density at radius 1 is 1.29 bits per heavy atom. The van der Waals surface area contributed by atoms with Gasteiger partial charge in [0.05, 0.1) is 16.8 Å². The number of hydrogen-bond acceptors (Lipinski definition) is 6. The summed E-state index contributed by atoms with van der Waals surface area (Å²) in [7, 11) is -3.34. The summed E-state index contributed by atoms with van der Waals surface area (Å²) in [5.41, 5.74) is 3.87. The maximum absolute atomic E-state index is 12.1. The molecule has 0 unspecified atom stereocenters. The first kappa shape index (κ1) is 19.5. The van der Waals surface area contributed by atoms with Gasteiger partial charge in [-0.05, 0) is 31.1 Å². The molecule has 3 heterocycles. The molecule has 2 N–H and O–H groups in total. The van der Waals surface area contributed by atoms with Crippen molar-refractivity contribution in [2.75, 3.05) is 11.6 Å². The summed E-state index contributed by atoms with van der Waals surface area (Å²) in [6.45, 7) is 3.81. The zero-order valence-corrected chi connectivity index (χ0v) is 17.7. The van der Waals surface area contributed by atoms with Crippen molar-refractivity contribution < 1.29 is 13.2 Å². The topological polar surface area (TPSA) is 105 Å². The van der Waals surface area contributed by atoms with Crippen LogP contribution >= 0.6 is 0 Å². The minimum atomic E-state index is -3.34. The smallest absolute Gasteiger partial charge is 0.251 e. The van der Waals surface area contributed by atoms with E-state index in [0.717, 1.165) is 18.7 Å². The third-order valence-electron chi connectivity index (χ3n) is 5.30. The standard InChI is InChI=1S/C22H21N5O3S/c1-13-8-15(22(28)24-13)9-16-12-23-27-20(25-17-6-7-17)11-19(26-21(16)27)14-4-3-5-18(10-14)31(2,29)30/h3-5,9-12,17,25H,1,6-8H2,2H3,(H,24,28)/b15-9+. The molecule has 1 saturated heterocycles. The summed E-state index contributed by atoms with van der Waals surface area (Å²) >= 11 is 0. The van der Waals surface area contributed by atoms with E-state index in [2.05, 4.69) is 22.3 Å².